The summed E-state index contributed by atoms with van der Waals surface area (Å²) in [6.07, 6.45) is 0. The summed E-state index contributed by atoms with van der Waals surface area (Å²) in [7, 11) is 3.52. The molecule has 0 aliphatic carbocycles. The smallest absolute Gasteiger partial charge is 0.387 e. The minimum atomic E-state index is -2.83. The first kappa shape index (κ1) is 21.7. The fourth-order valence-corrected chi connectivity index (χ4v) is 2.29. The van der Waals surface area contributed by atoms with Gasteiger partial charge in [0.2, 0.25) is 5.91 Å². The summed E-state index contributed by atoms with van der Waals surface area (Å²) in [4.78, 5) is 18.2. The van der Waals surface area contributed by atoms with Crippen LogP contribution in [-0.2, 0) is 11.3 Å². The van der Waals surface area contributed by atoms with Gasteiger partial charge in [-0.1, -0.05) is 12.1 Å². The Kier molecular flexibility index (Phi) is 8.28. The SMILES string of the molecule is CCNC(=O)C(C)(C)CNC(=NC)N(C)Cc1ccc(OC(F)F)cc1. The second-order valence-electron chi connectivity index (χ2n) is 6.52. The minimum absolute atomic E-state index is 0.0276. The van der Waals surface area contributed by atoms with E-state index in [0.717, 1.165) is 5.56 Å². The number of carbonyl (C=O) groups excluding carboxylic acids is 1. The van der Waals surface area contributed by atoms with Gasteiger partial charge in [0.05, 0.1) is 5.41 Å². The third kappa shape index (κ3) is 6.85. The zero-order valence-corrected chi connectivity index (χ0v) is 16.0. The van der Waals surface area contributed by atoms with Gasteiger partial charge in [0.15, 0.2) is 5.96 Å². The van der Waals surface area contributed by atoms with Gasteiger partial charge < -0.3 is 20.3 Å². The largest absolute Gasteiger partial charge is 0.435 e. The highest BCUT2D eigenvalue weighted by Gasteiger charge is 2.27. The molecule has 1 amide bonds. The van der Waals surface area contributed by atoms with Crippen molar-refractivity contribution in [3.8, 4) is 5.75 Å². The van der Waals surface area contributed by atoms with Crippen LogP contribution in [0.25, 0.3) is 0 Å². The Hall–Kier alpha value is -2.38. The highest BCUT2D eigenvalue weighted by molar-refractivity contribution is 5.84. The number of aliphatic imine (C=N–C) groups is 1. The fraction of sp³-hybridized carbons (Fsp3) is 0.556. The van der Waals surface area contributed by atoms with Crippen molar-refractivity contribution in [2.75, 3.05) is 27.2 Å². The van der Waals surface area contributed by atoms with E-state index in [0.29, 0.717) is 25.6 Å². The molecule has 0 radical (unpaired) electrons. The molecule has 6 nitrogen and oxygen atoms in total. The van der Waals surface area contributed by atoms with E-state index in [-0.39, 0.29) is 11.7 Å². The van der Waals surface area contributed by atoms with E-state index in [9.17, 15) is 13.6 Å². The number of rotatable bonds is 8. The summed E-state index contributed by atoms with van der Waals surface area (Å²) in [5, 5.41) is 6.02. The molecule has 0 heterocycles. The number of guanidine groups is 1. The van der Waals surface area contributed by atoms with E-state index in [2.05, 4.69) is 20.4 Å². The van der Waals surface area contributed by atoms with Crippen molar-refractivity contribution in [1.29, 1.82) is 0 Å². The number of carbonyl (C=O) groups is 1. The molecule has 0 saturated heterocycles. The van der Waals surface area contributed by atoms with Crippen molar-refractivity contribution in [3.63, 3.8) is 0 Å². The van der Waals surface area contributed by atoms with Gasteiger partial charge in [-0.2, -0.15) is 8.78 Å². The predicted molar refractivity (Wildman–Crippen MR) is 98.4 cm³/mol. The summed E-state index contributed by atoms with van der Waals surface area (Å²) in [6.45, 7) is 4.31. The molecule has 0 saturated carbocycles. The Bertz CT molecular complexity index is 604. The molecule has 0 aliphatic heterocycles. The van der Waals surface area contributed by atoms with Gasteiger partial charge >= 0.3 is 6.61 Å². The van der Waals surface area contributed by atoms with Crippen molar-refractivity contribution in [3.05, 3.63) is 29.8 Å². The lowest BCUT2D eigenvalue weighted by atomic mass is 9.92. The van der Waals surface area contributed by atoms with Crippen LogP contribution in [0.4, 0.5) is 8.78 Å². The average Bonchev–Trinajstić information content (AvgIpc) is 2.57. The van der Waals surface area contributed by atoms with Crippen LogP contribution in [0.2, 0.25) is 0 Å². The van der Waals surface area contributed by atoms with Crippen LogP contribution in [0.1, 0.15) is 26.3 Å². The summed E-state index contributed by atoms with van der Waals surface area (Å²) >= 11 is 0. The number of benzene rings is 1. The molecular formula is C18H28F2N4O2. The maximum atomic E-state index is 12.2. The fourth-order valence-electron chi connectivity index (χ4n) is 2.29. The third-order valence-corrected chi connectivity index (χ3v) is 3.78. The standard InChI is InChI=1S/C18H28F2N4O2/c1-6-22-15(25)18(2,3)12-23-17(21-4)24(5)11-13-7-9-14(10-8-13)26-16(19)20/h7-10,16H,6,11-12H2,1-5H3,(H,21,23)(H,22,25). The quantitative estimate of drug-likeness (QED) is 0.545. The second kappa shape index (κ2) is 9.94. The Balaban J connectivity index is 2.63. The molecule has 0 aromatic heterocycles. The van der Waals surface area contributed by atoms with Crippen molar-refractivity contribution in [2.24, 2.45) is 10.4 Å². The molecule has 1 aromatic rings. The minimum Gasteiger partial charge on any atom is -0.435 e. The Morgan fingerprint density at radius 2 is 1.88 bits per heavy atom. The van der Waals surface area contributed by atoms with E-state index in [1.165, 1.54) is 12.1 Å². The van der Waals surface area contributed by atoms with Crippen molar-refractivity contribution < 1.29 is 18.3 Å². The number of halogens is 2. The molecule has 0 bridgehead atoms. The third-order valence-electron chi connectivity index (χ3n) is 3.78. The lowest BCUT2D eigenvalue weighted by molar-refractivity contribution is -0.128. The second-order valence-corrected chi connectivity index (χ2v) is 6.52. The lowest BCUT2D eigenvalue weighted by Crippen LogP contribution is -2.48. The van der Waals surface area contributed by atoms with E-state index in [1.54, 1.807) is 19.2 Å². The molecule has 0 unspecified atom stereocenters. The maximum absolute atomic E-state index is 12.2. The molecule has 0 aliphatic rings. The summed E-state index contributed by atoms with van der Waals surface area (Å²) in [5.74, 6) is 0.730. The van der Waals surface area contributed by atoms with Crippen LogP contribution >= 0.6 is 0 Å². The summed E-state index contributed by atoms with van der Waals surface area (Å²) < 4.78 is 28.7. The first-order valence-corrected chi connectivity index (χ1v) is 8.43. The number of nitrogens with zero attached hydrogens (tertiary/aromatic N) is 2. The molecule has 2 N–H and O–H groups in total. The van der Waals surface area contributed by atoms with Gasteiger partial charge in [-0.3, -0.25) is 9.79 Å². The van der Waals surface area contributed by atoms with E-state index in [4.69, 9.17) is 0 Å². The number of hydrogen-bond acceptors (Lipinski definition) is 3. The molecule has 1 aromatic carbocycles. The lowest BCUT2D eigenvalue weighted by Gasteiger charge is -2.28. The van der Waals surface area contributed by atoms with Gasteiger partial charge in [-0.15, -0.1) is 0 Å². The van der Waals surface area contributed by atoms with Crippen LogP contribution in [-0.4, -0.2) is 50.6 Å². The van der Waals surface area contributed by atoms with Crippen LogP contribution in [0.3, 0.4) is 0 Å². The van der Waals surface area contributed by atoms with Gasteiger partial charge in [-0.25, -0.2) is 0 Å². The van der Waals surface area contributed by atoms with Crippen LogP contribution in [0.15, 0.2) is 29.3 Å². The van der Waals surface area contributed by atoms with Gasteiger partial charge in [0, 0.05) is 33.7 Å². The Morgan fingerprint density at radius 3 is 2.38 bits per heavy atom. The van der Waals surface area contributed by atoms with Crippen molar-refractivity contribution >= 4 is 11.9 Å². The Morgan fingerprint density at radius 1 is 1.27 bits per heavy atom. The number of amides is 1. The van der Waals surface area contributed by atoms with Crippen LogP contribution in [0.5, 0.6) is 5.75 Å². The average molecular weight is 370 g/mol. The predicted octanol–water partition coefficient (Wildman–Crippen LogP) is 2.46. The van der Waals surface area contributed by atoms with Gasteiger partial charge in [-0.05, 0) is 38.5 Å². The normalized spacial score (nSPS) is 12.1. The number of hydrogen-bond donors (Lipinski definition) is 2. The van der Waals surface area contributed by atoms with Crippen molar-refractivity contribution in [1.82, 2.24) is 15.5 Å². The monoisotopic (exact) mass is 370 g/mol. The van der Waals surface area contributed by atoms with Gasteiger partial charge in [0.25, 0.3) is 0 Å². The highest BCUT2D eigenvalue weighted by Crippen LogP contribution is 2.16. The van der Waals surface area contributed by atoms with Crippen LogP contribution < -0.4 is 15.4 Å². The van der Waals surface area contributed by atoms with Crippen molar-refractivity contribution in [2.45, 2.75) is 33.9 Å². The molecular weight excluding hydrogens is 342 g/mol. The molecule has 146 valence electrons. The van der Waals surface area contributed by atoms with Crippen LogP contribution in [0, 0.1) is 5.41 Å². The maximum Gasteiger partial charge on any atom is 0.387 e. The molecule has 0 spiro atoms. The first-order chi connectivity index (χ1) is 12.2. The molecule has 0 atom stereocenters. The molecule has 26 heavy (non-hydrogen) atoms. The van der Waals surface area contributed by atoms with Gasteiger partial charge in [0.1, 0.15) is 5.75 Å². The zero-order valence-electron chi connectivity index (χ0n) is 16.0. The summed E-state index contributed by atoms with van der Waals surface area (Å²) in [5.41, 5.74) is 0.334. The Labute approximate surface area is 153 Å². The number of ether oxygens (including phenoxy) is 1. The summed E-state index contributed by atoms with van der Waals surface area (Å²) in [6, 6.07) is 6.45. The molecule has 8 heteroatoms. The van der Waals surface area contributed by atoms with E-state index in [1.807, 2.05) is 32.7 Å². The highest BCUT2D eigenvalue weighted by atomic mass is 19.3. The van der Waals surface area contributed by atoms with E-state index >= 15 is 0 Å². The number of nitrogens with one attached hydrogen (secondary N) is 2. The zero-order chi connectivity index (χ0) is 19.7. The molecule has 1 rings (SSSR count). The topological polar surface area (TPSA) is 66.0 Å². The molecule has 0 fully saturated rings. The first-order valence-electron chi connectivity index (χ1n) is 8.43. The van der Waals surface area contributed by atoms with E-state index < -0.39 is 12.0 Å². The number of alkyl halides is 2.